The van der Waals surface area contributed by atoms with Gasteiger partial charge in [-0.05, 0) is 12.1 Å². The number of rotatable bonds is 1. The maximum absolute atomic E-state index is 12.2. The van der Waals surface area contributed by atoms with E-state index >= 15 is 0 Å². The third-order valence-corrected chi connectivity index (χ3v) is 2.13. The summed E-state index contributed by atoms with van der Waals surface area (Å²) in [6, 6.07) is 7.13. The van der Waals surface area contributed by atoms with Gasteiger partial charge in [0.2, 0.25) is 0 Å². The number of alkyl halides is 3. The fraction of sp³-hybridized carbons (Fsp3) is 0.0909. The van der Waals surface area contributed by atoms with E-state index in [-0.39, 0.29) is 0 Å². The topological polar surface area (TPSA) is 30.0 Å². The second-order valence-electron chi connectivity index (χ2n) is 3.24. The van der Waals surface area contributed by atoms with Gasteiger partial charge in [-0.25, -0.2) is 0 Å². The highest BCUT2D eigenvalue weighted by atomic mass is 19.4. The largest absolute Gasteiger partial charge is 0.454 e. The van der Waals surface area contributed by atoms with Crippen LogP contribution in [0.1, 0.15) is 10.4 Å². The Hall–Kier alpha value is -1.91. The maximum Gasteiger partial charge on any atom is 0.454 e. The predicted octanol–water partition coefficient (Wildman–Crippen LogP) is 2.98. The number of nitrogens with zero attached hydrogens (tertiary/aromatic N) is 1. The highest BCUT2D eigenvalue weighted by Crippen LogP contribution is 2.23. The van der Waals surface area contributed by atoms with E-state index in [1.54, 1.807) is 12.1 Å². The summed E-state index contributed by atoms with van der Waals surface area (Å²) >= 11 is 0. The second kappa shape index (κ2) is 3.59. The van der Waals surface area contributed by atoms with Crippen LogP contribution in [0.3, 0.4) is 0 Å². The molecule has 0 bridgehead atoms. The molecule has 2 aromatic rings. The molecule has 0 saturated heterocycles. The number of halogens is 3. The van der Waals surface area contributed by atoms with Crippen molar-refractivity contribution >= 4 is 16.7 Å². The molecule has 2 rings (SSSR count). The van der Waals surface area contributed by atoms with E-state index in [2.05, 4.69) is 4.98 Å². The van der Waals surface area contributed by atoms with Crippen LogP contribution >= 0.6 is 0 Å². The molecule has 0 amide bonds. The molecule has 0 spiro atoms. The molecule has 82 valence electrons. The van der Waals surface area contributed by atoms with Crippen LogP contribution < -0.4 is 0 Å². The van der Waals surface area contributed by atoms with E-state index in [4.69, 9.17) is 0 Å². The summed E-state index contributed by atoms with van der Waals surface area (Å²) in [7, 11) is 0. The summed E-state index contributed by atoms with van der Waals surface area (Å²) in [5.74, 6) is -1.85. The first-order valence-electron chi connectivity index (χ1n) is 4.45. The van der Waals surface area contributed by atoms with E-state index in [9.17, 15) is 18.0 Å². The van der Waals surface area contributed by atoms with E-state index in [0.717, 1.165) is 12.1 Å². The van der Waals surface area contributed by atoms with Crippen LogP contribution in [0.5, 0.6) is 0 Å². The molecule has 1 heterocycles. The van der Waals surface area contributed by atoms with Gasteiger partial charge in [0.15, 0.2) is 0 Å². The average molecular weight is 225 g/mol. The molecule has 0 aliphatic heterocycles. The lowest BCUT2D eigenvalue weighted by Crippen LogP contribution is -2.22. The molecular weight excluding hydrogens is 219 g/mol. The molecule has 0 aliphatic rings. The van der Waals surface area contributed by atoms with Crippen molar-refractivity contribution in [2.24, 2.45) is 0 Å². The first-order chi connectivity index (χ1) is 7.48. The van der Waals surface area contributed by atoms with E-state index in [1.807, 2.05) is 0 Å². The van der Waals surface area contributed by atoms with E-state index in [1.165, 1.54) is 12.3 Å². The van der Waals surface area contributed by atoms with E-state index < -0.39 is 17.5 Å². The van der Waals surface area contributed by atoms with Gasteiger partial charge in [-0.2, -0.15) is 13.2 Å². The van der Waals surface area contributed by atoms with Crippen molar-refractivity contribution in [3.63, 3.8) is 0 Å². The van der Waals surface area contributed by atoms with Gasteiger partial charge in [0.1, 0.15) is 0 Å². The highest BCUT2D eigenvalue weighted by molar-refractivity contribution is 6.02. The Balaban J connectivity index is 2.52. The normalized spacial score (nSPS) is 11.7. The first-order valence-corrected chi connectivity index (χ1v) is 4.45. The lowest BCUT2D eigenvalue weighted by Gasteiger charge is -2.05. The minimum absolute atomic E-state index is 0.373. The molecule has 5 heteroatoms. The summed E-state index contributed by atoms with van der Waals surface area (Å²) in [5, 5.41) is 0.696. The Morgan fingerprint density at radius 3 is 2.62 bits per heavy atom. The van der Waals surface area contributed by atoms with Gasteiger partial charge in [0.05, 0.1) is 5.52 Å². The summed E-state index contributed by atoms with van der Waals surface area (Å²) in [6.45, 7) is 0. The molecule has 0 aliphatic carbocycles. The standard InChI is InChI=1S/C11H6F3NO/c12-11(13,14)10(16)8-4-3-7-2-1-5-15-9(7)6-8/h1-6H. The van der Waals surface area contributed by atoms with Crippen molar-refractivity contribution in [3.8, 4) is 0 Å². The average Bonchev–Trinajstić information content (AvgIpc) is 2.26. The summed E-state index contributed by atoms with van der Waals surface area (Å²) < 4.78 is 36.5. The number of aromatic nitrogens is 1. The van der Waals surface area contributed by atoms with E-state index in [0.29, 0.717) is 10.9 Å². The number of carbonyl (C=O) groups excluding carboxylic acids is 1. The number of benzene rings is 1. The van der Waals surface area contributed by atoms with Gasteiger partial charge < -0.3 is 0 Å². The number of hydrogen-bond acceptors (Lipinski definition) is 2. The molecule has 0 saturated carbocycles. The number of carbonyl (C=O) groups is 1. The van der Waals surface area contributed by atoms with Crippen LogP contribution in [-0.2, 0) is 0 Å². The Morgan fingerprint density at radius 1 is 1.19 bits per heavy atom. The zero-order chi connectivity index (χ0) is 11.8. The van der Waals surface area contributed by atoms with Crippen molar-refractivity contribution in [1.29, 1.82) is 0 Å². The second-order valence-corrected chi connectivity index (χ2v) is 3.24. The SMILES string of the molecule is O=C(c1ccc2cccnc2c1)C(F)(F)F. The first kappa shape index (κ1) is 10.6. The van der Waals surface area contributed by atoms with Crippen molar-refractivity contribution in [2.45, 2.75) is 6.18 Å². The molecule has 0 N–H and O–H groups in total. The minimum atomic E-state index is -4.84. The van der Waals surface area contributed by atoms with Gasteiger partial charge in [-0.1, -0.05) is 18.2 Å². The van der Waals surface area contributed by atoms with Crippen LogP contribution in [0.2, 0.25) is 0 Å². The number of ketones is 1. The molecule has 2 nitrogen and oxygen atoms in total. The molecule has 0 fully saturated rings. The van der Waals surface area contributed by atoms with Gasteiger partial charge in [-0.15, -0.1) is 0 Å². The molecule has 16 heavy (non-hydrogen) atoms. The van der Waals surface area contributed by atoms with Crippen molar-refractivity contribution in [1.82, 2.24) is 4.98 Å². The van der Waals surface area contributed by atoms with Crippen molar-refractivity contribution < 1.29 is 18.0 Å². The van der Waals surface area contributed by atoms with Gasteiger partial charge >= 0.3 is 6.18 Å². The molecule has 0 radical (unpaired) electrons. The van der Waals surface area contributed by atoms with Crippen LogP contribution in [0, 0.1) is 0 Å². The van der Waals surface area contributed by atoms with Crippen molar-refractivity contribution in [3.05, 3.63) is 42.1 Å². The minimum Gasteiger partial charge on any atom is -0.284 e. The maximum atomic E-state index is 12.2. The highest BCUT2D eigenvalue weighted by Gasteiger charge is 2.39. The Kier molecular flexibility index (Phi) is 2.38. The van der Waals surface area contributed by atoms with Crippen molar-refractivity contribution in [2.75, 3.05) is 0 Å². The molecule has 1 aromatic heterocycles. The van der Waals surface area contributed by atoms with Gasteiger partial charge in [0, 0.05) is 17.1 Å². The summed E-state index contributed by atoms with van der Waals surface area (Å²) in [4.78, 5) is 14.8. The number of hydrogen-bond donors (Lipinski definition) is 0. The van der Waals surface area contributed by atoms with Gasteiger partial charge in [0.25, 0.3) is 5.78 Å². The smallest absolute Gasteiger partial charge is 0.284 e. The Morgan fingerprint density at radius 2 is 1.94 bits per heavy atom. The number of Topliss-reactive ketones (excluding diaryl/α,β-unsaturated/α-hetero) is 1. The monoisotopic (exact) mass is 225 g/mol. The van der Waals surface area contributed by atoms with Crippen LogP contribution in [0.15, 0.2) is 36.5 Å². The van der Waals surface area contributed by atoms with Crippen LogP contribution in [0.4, 0.5) is 13.2 Å². The third kappa shape index (κ3) is 1.88. The summed E-state index contributed by atoms with van der Waals surface area (Å²) in [5.41, 5.74) is -0.0173. The molecule has 0 atom stereocenters. The number of pyridine rings is 1. The van der Waals surface area contributed by atoms with Crippen LogP contribution in [-0.4, -0.2) is 16.9 Å². The van der Waals surface area contributed by atoms with Crippen LogP contribution in [0.25, 0.3) is 10.9 Å². The molecular formula is C11H6F3NO. The van der Waals surface area contributed by atoms with Gasteiger partial charge in [-0.3, -0.25) is 9.78 Å². The lowest BCUT2D eigenvalue weighted by molar-refractivity contribution is -0.0885. The lowest BCUT2D eigenvalue weighted by atomic mass is 10.1. The third-order valence-electron chi connectivity index (χ3n) is 2.13. The predicted molar refractivity (Wildman–Crippen MR) is 52.1 cm³/mol. The molecule has 0 unspecified atom stereocenters. The zero-order valence-corrected chi connectivity index (χ0v) is 7.95. The fourth-order valence-electron chi connectivity index (χ4n) is 1.37. The summed E-state index contributed by atoms with van der Waals surface area (Å²) in [6.07, 6.45) is -3.38. The molecule has 1 aromatic carbocycles. The fourth-order valence-corrected chi connectivity index (χ4v) is 1.37. The Labute approximate surface area is 88.7 Å². The zero-order valence-electron chi connectivity index (χ0n) is 7.95. The quantitative estimate of drug-likeness (QED) is 0.698. The Bertz CT molecular complexity index is 548. The number of fused-ring (bicyclic) bond motifs is 1.